The Kier molecular flexibility index (Phi) is 6.19. The topological polar surface area (TPSA) is 69.2 Å². The first-order chi connectivity index (χ1) is 11.7. The van der Waals surface area contributed by atoms with E-state index < -0.39 is 6.10 Å². The highest BCUT2D eigenvalue weighted by atomic mass is 16.5. The molecule has 0 aromatic heterocycles. The monoisotopic (exact) mass is 328 g/mol. The number of hydrazone groups is 1. The fourth-order valence-corrected chi connectivity index (χ4v) is 2.03. The van der Waals surface area contributed by atoms with Gasteiger partial charge < -0.3 is 14.2 Å². The molecule has 0 saturated heterocycles. The van der Waals surface area contributed by atoms with Crippen molar-refractivity contribution in [3.05, 3.63) is 54.1 Å². The predicted octanol–water partition coefficient (Wildman–Crippen LogP) is 2.62. The van der Waals surface area contributed by atoms with Crippen molar-refractivity contribution in [2.24, 2.45) is 5.10 Å². The van der Waals surface area contributed by atoms with Gasteiger partial charge in [0.15, 0.2) is 17.6 Å². The maximum atomic E-state index is 12.0. The van der Waals surface area contributed by atoms with Gasteiger partial charge in [-0.15, -0.1) is 0 Å². The molecule has 0 aliphatic carbocycles. The van der Waals surface area contributed by atoms with Gasteiger partial charge in [0.1, 0.15) is 5.75 Å². The van der Waals surface area contributed by atoms with Crippen molar-refractivity contribution < 1.29 is 19.0 Å². The number of hydrogen-bond acceptors (Lipinski definition) is 5. The number of hydrogen-bond donors (Lipinski definition) is 1. The van der Waals surface area contributed by atoms with E-state index in [0.717, 1.165) is 0 Å². The lowest BCUT2D eigenvalue weighted by Gasteiger charge is -2.13. The van der Waals surface area contributed by atoms with Crippen molar-refractivity contribution in [2.75, 3.05) is 14.2 Å². The van der Waals surface area contributed by atoms with Crippen LogP contribution in [0.2, 0.25) is 0 Å². The molecule has 126 valence electrons. The predicted molar refractivity (Wildman–Crippen MR) is 91.8 cm³/mol. The van der Waals surface area contributed by atoms with Crippen LogP contribution < -0.4 is 19.6 Å². The molecule has 1 unspecified atom stereocenters. The molecule has 1 N–H and O–H groups in total. The van der Waals surface area contributed by atoms with Crippen molar-refractivity contribution in [3.8, 4) is 17.2 Å². The summed E-state index contributed by atoms with van der Waals surface area (Å²) in [5, 5.41) is 3.95. The summed E-state index contributed by atoms with van der Waals surface area (Å²) < 4.78 is 16.0. The molecule has 0 bridgehead atoms. The van der Waals surface area contributed by atoms with E-state index in [0.29, 0.717) is 22.8 Å². The van der Waals surface area contributed by atoms with Crippen LogP contribution in [-0.4, -0.2) is 32.4 Å². The van der Waals surface area contributed by atoms with Crippen LogP contribution in [0.3, 0.4) is 0 Å². The Morgan fingerprint density at radius 3 is 2.50 bits per heavy atom. The Bertz CT molecular complexity index is 701. The van der Waals surface area contributed by atoms with E-state index in [4.69, 9.17) is 14.2 Å². The molecule has 1 atom stereocenters. The van der Waals surface area contributed by atoms with E-state index in [9.17, 15) is 4.79 Å². The lowest BCUT2D eigenvalue weighted by Crippen LogP contribution is -2.33. The van der Waals surface area contributed by atoms with Gasteiger partial charge in [-0.25, -0.2) is 5.43 Å². The van der Waals surface area contributed by atoms with Crippen molar-refractivity contribution >= 4 is 12.1 Å². The van der Waals surface area contributed by atoms with Crippen LogP contribution in [-0.2, 0) is 4.79 Å². The van der Waals surface area contributed by atoms with E-state index >= 15 is 0 Å². The number of carbonyl (C=O) groups is 1. The van der Waals surface area contributed by atoms with Crippen LogP contribution >= 0.6 is 0 Å². The van der Waals surface area contributed by atoms with E-state index in [1.165, 1.54) is 6.21 Å². The zero-order chi connectivity index (χ0) is 17.4. The van der Waals surface area contributed by atoms with Crippen LogP contribution in [0.15, 0.2) is 53.6 Å². The number of carbonyl (C=O) groups excluding carboxylic acids is 1. The van der Waals surface area contributed by atoms with E-state index in [-0.39, 0.29) is 5.91 Å². The standard InChI is InChI=1S/C18H20N2O4/c1-13(24-15-9-5-4-6-10-15)18(21)20-19-12-14-8-7-11-16(22-2)17(14)23-3/h4-13H,1-3H3,(H,20,21)/b19-12+. The molecule has 0 heterocycles. The van der Waals surface area contributed by atoms with Gasteiger partial charge in [-0.3, -0.25) is 4.79 Å². The third kappa shape index (κ3) is 4.49. The van der Waals surface area contributed by atoms with Crippen molar-refractivity contribution in [3.63, 3.8) is 0 Å². The van der Waals surface area contributed by atoms with E-state index in [1.807, 2.05) is 24.3 Å². The van der Waals surface area contributed by atoms with Gasteiger partial charge in [0, 0.05) is 5.56 Å². The molecule has 0 aliphatic heterocycles. The largest absolute Gasteiger partial charge is 0.493 e. The molecule has 6 heteroatoms. The molecule has 0 fully saturated rings. The summed E-state index contributed by atoms with van der Waals surface area (Å²) in [6.07, 6.45) is 0.825. The van der Waals surface area contributed by atoms with Crippen molar-refractivity contribution in [2.45, 2.75) is 13.0 Å². The number of para-hydroxylation sites is 2. The molecule has 6 nitrogen and oxygen atoms in total. The van der Waals surface area contributed by atoms with E-state index in [2.05, 4.69) is 10.5 Å². The molecule has 2 aromatic rings. The second kappa shape index (κ2) is 8.57. The Labute approximate surface area is 141 Å². The zero-order valence-corrected chi connectivity index (χ0v) is 13.9. The number of ether oxygens (including phenoxy) is 3. The third-order valence-electron chi connectivity index (χ3n) is 3.24. The summed E-state index contributed by atoms with van der Waals surface area (Å²) in [6, 6.07) is 14.5. The zero-order valence-electron chi connectivity index (χ0n) is 13.9. The first-order valence-corrected chi connectivity index (χ1v) is 7.41. The summed E-state index contributed by atoms with van der Waals surface area (Å²) in [5.74, 6) is 1.41. The van der Waals surface area contributed by atoms with Crippen LogP contribution in [0, 0.1) is 0 Å². The summed E-state index contributed by atoms with van der Waals surface area (Å²) in [7, 11) is 3.10. The lowest BCUT2D eigenvalue weighted by molar-refractivity contribution is -0.127. The van der Waals surface area contributed by atoms with Crippen LogP contribution in [0.4, 0.5) is 0 Å². The molecule has 2 aromatic carbocycles. The van der Waals surface area contributed by atoms with Gasteiger partial charge in [0.25, 0.3) is 5.91 Å². The SMILES string of the molecule is COc1cccc(/C=N/NC(=O)C(C)Oc2ccccc2)c1OC. The molecule has 1 amide bonds. The summed E-state index contributed by atoms with van der Waals surface area (Å²) in [6.45, 7) is 1.66. The first-order valence-electron chi connectivity index (χ1n) is 7.41. The number of nitrogens with one attached hydrogen (secondary N) is 1. The first kappa shape index (κ1) is 17.3. The number of nitrogens with zero attached hydrogens (tertiary/aromatic N) is 1. The van der Waals surface area contributed by atoms with Crippen molar-refractivity contribution in [1.82, 2.24) is 5.43 Å². The normalized spacial score (nSPS) is 11.8. The maximum absolute atomic E-state index is 12.0. The fraction of sp³-hybridized carbons (Fsp3) is 0.222. The summed E-state index contributed by atoms with van der Waals surface area (Å²) >= 11 is 0. The highest BCUT2D eigenvalue weighted by molar-refractivity contribution is 5.87. The van der Waals surface area contributed by atoms with E-state index in [1.54, 1.807) is 45.4 Å². The van der Waals surface area contributed by atoms with Gasteiger partial charge in [-0.05, 0) is 31.2 Å². The third-order valence-corrected chi connectivity index (χ3v) is 3.24. The minimum Gasteiger partial charge on any atom is -0.493 e. The molecule has 0 spiro atoms. The summed E-state index contributed by atoms with van der Waals surface area (Å²) in [4.78, 5) is 12.0. The second-order valence-corrected chi connectivity index (χ2v) is 4.89. The number of benzene rings is 2. The molecule has 24 heavy (non-hydrogen) atoms. The molecule has 0 saturated carbocycles. The minimum atomic E-state index is -0.670. The Hall–Kier alpha value is -3.02. The number of rotatable bonds is 7. The maximum Gasteiger partial charge on any atom is 0.280 e. The number of amides is 1. The molecule has 0 aliphatic rings. The molecule has 0 radical (unpaired) electrons. The lowest BCUT2D eigenvalue weighted by atomic mass is 10.2. The highest BCUT2D eigenvalue weighted by Crippen LogP contribution is 2.29. The Morgan fingerprint density at radius 1 is 1.08 bits per heavy atom. The van der Waals surface area contributed by atoms with Gasteiger partial charge >= 0.3 is 0 Å². The van der Waals surface area contributed by atoms with Gasteiger partial charge in [0.2, 0.25) is 0 Å². The summed E-state index contributed by atoms with van der Waals surface area (Å²) in [5.41, 5.74) is 3.14. The van der Waals surface area contributed by atoms with Gasteiger partial charge in [-0.1, -0.05) is 24.3 Å². The highest BCUT2D eigenvalue weighted by Gasteiger charge is 2.14. The Morgan fingerprint density at radius 2 is 1.83 bits per heavy atom. The quantitative estimate of drug-likeness (QED) is 0.626. The average molecular weight is 328 g/mol. The minimum absolute atomic E-state index is 0.350. The smallest absolute Gasteiger partial charge is 0.280 e. The molecular formula is C18H20N2O4. The van der Waals surface area contributed by atoms with Gasteiger partial charge in [0.05, 0.1) is 20.4 Å². The van der Waals surface area contributed by atoms with Crippen LogP contribution in [0.5, 0.6) is 17.2 Å². The molecular weight excluding hydrogens is 308 g/mol. The van der Waals surface area contributed by atoms with Crippen LogP contribution in [0.25, 0.3) is 0 Å². The second-order valence-electron chi connectivity index (χ2n) is 4.89. The van der Waals surface area contributed by atoms with Crippen LogP contribution in [0.1, 0.15) is 12.5 Å². The fourth-order valence-electron chi connectivity index (χ4n) is 2.03. The Balaban J connectivity index is 1.97. The van der Waals surface area contributed by atoms with Crippen molar-refractivity contribution in [1.29, 1.82) is 0 Å². The van der Waals surface area contributed by atoms with Gasteiger partial charge in [-0.2, -0.15) is 5.10 Å². The average Bonchev–Trinajstić information content (AvgIpc) is 2.62. The molecule has 2 rings (SSSR count). The number of methoxy groups -OCH3 is 2.